The van der Waals surface area contributed by atoms with Crippen molar-refractivity contribution in [3.8, 4) is 0 Å². The normalized spacial score (nSPS) is 11.7. The summed E-state index contributed by atoms with van der Waals surface area (Å²) in [5.74, 6) is -0.609. The molecule has 5 heteroatoms. The maximum absolute atomic E-state index is 12.0. The second-order valence-electron chi connectivity index (χ2n) is 4.59. The molecule has 1 N–H and O–H groups in total. The van der Waals surface area contributed by atoms with Crippen molar-refractivity contribution in [1.82, 2.24) is 5.32 Å². The lowest BCUT2D eigenvalue weighted by atomic mass is 10.1. The van der Waals surface area contributed by atoms with Crippen molar-refractivity contribution >= 4 is 23.2 Å². The smallest absolute Gasteiger partial charge is 0.328 e. The van der Waals surface area contributed by atoms with Gasteiger partial charge in [0, 0.05) is 11.3 Å². The SMILES string of the molecule is COC(=O)[C@@H](Cc1ccccc1)NC(=O)Cc1cccs1. The molecule has 1 aromatic heterocycles. The molecule has 0 saturated heterocycles. The van der Waals surface area contributed by atoms with Crippen LogP contribution in [0.2, 0.25) is 0 Å². The largest absolute Gasteiger partial charge is 0.467 e. The Morgan fingerprint density at radius 2 is 1.95 bits per heavy atom. The van der Waals surface area contributed by atoms with E-state index >= 15 is 0 Å². The first kappa shape index (κ1) is 15.3. The molecule has 1 aromatic carbocycles. The second kappa shape index (κ2) is 7.59. The Morgan fingerprint density at radius 1 is 1.19 bits per heavy atom. The lowest BCUT2D eigenvalue weighted by molar-refractivity contribution is -0.145. The van der Waals surface area contributed by atoms with Crippen molar-refractivity contribution in [3.05, 3.63) is 58.3 Å². The highest BCUT2D eigenvalue weighted by molar-refractivity contribution is 7.10. The van der Waals surface area contributed by atoms with E-state index in [0.29, 0.717) is 6.42 Å². The van der Waals surface area contributed by atoms with Crippen LogP contribution in [0.25, 0.3) is 0 Å². The minimum absolute atomic E-state index is 0.177. The molecule has 0 bridgehead atoms. The Hall–Kier alpha value is -2.14. The third-order valence-corrected chi connectivity index (χ3v) is 3.89. The van der Waals surface area contributed by atoms with Crippen molar-refractivity contribution in [1.29, 1.82) is 0 Å². The number of ether oxygens (including phenoxy) is 1. The first-order valence-corrected chi connectivity index (χ1v) is 7.50. The predicted molar refractivity (Wildman–Crippen MR) is 82.1 cm³/mol. The van der Waals surface area contributed by atoms with Crippen molar-refractivity contribution < 1.29 is 14.3 Å². The van der Waals surface area contributed by atoms with Crippen LogP contribution in [0.15, 0.2) is 47.8 Å². The van der Waals surface area contributed by atoms with E-state index in [9.17, 15) is 9.59 Å². The highest BCUT2D eigenvalue weighted by Gasteiger charge is 2.22. The van der Waals surface area contributed by atoms with Crippen LogP contribution in [0.3, 0.4) is 0 Å². The van der Waals surface area contributed by atoms with Gasteiger partial charge < -0.3 is 10.1 Å². The van der Waals surface area contributed by atoms with E-state index in [2.05, 4.69) is 5.32 Å². The van der Waals surface area contributed by atoms with Crippen molar-refractivity contribution in [3.63, 3.8) is 0 Å². The van der Waals surface area contributed by atoms with Crippen molar-refractivity contribution in [2.75, 3.05) is 7.11 Å². The lowest BCUT2D eigenvalue weighted by Gasteiger charge is -2.16. The molecular formula is C16H17NO3S. The summed E-state index contributed by atoms with van der Waals surface area (Å²) in [6, 6.07) is 12.7. The van der Waals surface area contributed by atoms with Gasteiger partial charge in [-0.15, -0.1) is 11.3 Å². The molecule has 0 spiro atoms. The van der Waals surface area contributed by atoms with Crippen LogP contribution in [0.1, 0.15) is 10.4 Å². The zero-order valence-corrected chi connectivity index (χ0v) is 12.6. The molecule has 0 saturated carbocycles. The van der Waals surface area contributed by atoms with Crippen molar-refractivity contribution in [2.45, 2.75) is 18.9 Å². The molecule has 0 radical (unpaired) electrons. The van der Waals surface area contributed by atoms with E-state index in [1.165, 1.54) is 18.4 Å². The van der Waals surface area contributed by atoms with Gasteiger partial charge in [0.05, 0.1) is 13.5 Å². The average Bonchev–Trinajstić information content (AvgIpc) is 2.99. The number of methoxy groups -OCH3 is 1. The number of rotatable bonds is 6. The van der Waals surface area contributed by atoms with Crippen LogP contribution in [-0.2, 0) is 27.2 Å². The Kier molecular flexibility index (Phi) is 5.51. The zero-order valence-electron chi connectivity index (χ0n) is 11.7. The number of benzene rings is 1. The van der Waals surface area contributed by atoms with Gasteiger partial charge in [-0.25, -0.2) is 4.79 Å². The van der Waals surface area contributed by atoms with E-state index in [-0.39, 0.29) is 12.3 Å². The van der Waals surface area contributed by atoms with Crippen LogP contribution in [0, 0.1) is 0 Å². The first-order chi connectivity index (χ1) is 10.2. The van der Waals surface area contributed by atoms with Gasteiger partial charge in [-0.3, -0.25) is 4.79 Å². The molecule has 2 rings (SSSR count). The summed E-state index contributed by atoms with van der Waals surface area (Å²) in [6.07, 6.45) is 0.698. The molecule has 0 aliphatic rings. The first-order valence-electron chi connectivity index (χ1n) is 6.62. The molecular weight excluding hydrogens is 286 g/mol. The number of carbonyl (C=O) groups is 2. The summed E-state index contributed by atoms with van der Waals surface area (Å²) in [5, 5.41) is 4.67. The number of amides is 1. The summed E-state index contributed by atoms with van der Waals surface area (Å²) >= 11 is 1.52. The molecule has 0 aliphatic heterocycles. The van der Waals surface area contributed by atoms with E-state index in [0.717, 1.165) is 10.4 Å². The molecule has 110 valence electrons. The fourth-order valence-corrected chi connectivity index (χ4v) is 2.71. The van der Waals surface area contributed by atoms with Crippen molar-refractivity contribution in [2.24, 2.45) is 0 Å². The summed E-state index contributed by atoms with van der Waals surface area (Å²) in [7, 11) is 1.33. The molecule has 1 atom stereocenters. The average molecular weight is 303 g/mol. The molecule has 21 heavy (non-hydrogen) atoms. The molecule has 4 nitrogen and oxygen atoms in total. The number of esters is 1. The molecule has 2 aromatic rings. The Morgan fingerprint density at radius 3 is 2.57 bits per heavy atom. The van der Waals surface area contributed by atoms with Gasteiger partial charge >= 0.3 is 5.97 Å². The quantitative estimate of drug-likeness (QED) is 0.832. The molecule has 0 unspecified atom stereocenters. The van der Waals surface area contributed by atoms with Crippen LogP contribution in [0.4, 0.5) is 0 Å². The van der Waals surface area contributed by atoms with Gasteiger partial charge in [-0.2, -0.15) is 0 Å². The Labute approximate surface area is 127 Å². The van der Waals surface area contributed by atoms with Gasteiger partial charge in [0.2, 0.25) is 5.91 Å². The van der Waals surface area contributed by atoms with Crippen LogP contribution in [0.5, 0.6) is 0 Å². The summed E-state index contributed by atoms with van der Waals surface area (Å²) < 4.78 is 4.77. The third kappa shape index (κ3) is 4.72. The van der Waals surface area contributed by atoms with Gasteiger partial charge in [-0.05, 0) is 17.0 Å². The van der Waals surface area contributed by atoms with E-state index in [4.69, 9.17) is 4.74 Å². The summed E-state index contributed by atoms with van der Waals surface area (Å²) in [4.78, 5) is 24.8. The molecule has 0 fully saturated rings. The number of nitrogens with one attached hydrogen (secondary N) is 1. The third-order valence-electron chi connectivity index (χ3n) is 3.02. The molecule has 0 aliphatic carbocycles. The molecule has 1 amide bonds. The number of thiophene rings is 1. The van der Waals surface area contributed by atoms with Crippen LogP contribution in [-0.4, -0.2) is 25.0 Å². The minimum Gasteiger partial charge on any atom is -0.467 e. The monoisotopic (exact) mass is 303 g/mol. The summed E-state index contributed by atoms with van der Waals surface area (Å²) in [5.41, 5.74) is 0.976. The van der Waals surface area contributed by atoms with Crippen LogP contribution < -0.4 is 5.32 Å². The highest BCUT2D eigenvalue weighted by atomic mass is 32.1. The van der Waals surface area contributed by atoms with Gasteiger partial charge in [-0.1, -0.05) is 36.4 Å². The van der Waals surface area contributed by atoms with E-state index in [1.807, 2.05) is 47.8 Å². The fourth-order valence-electron chi connectivity index (χ4n) is 2.00. The highest BCUT2D eigenvalue weighted by Crippen LogP contribution is 2.10. The number of hydrogen-bond acceptors (Lipinski definition) is 4. The van der Waals surface area contributed by atoms with Crippen LogP contribution >= 0.6 is 11.3 Å². The molecule has 1 heterocycles. The van der Waals surface area contributed by atoms with Gasteiger partial charge in [0.1, 0.15) is 6.04 Å². The Balaban J connectivity index is 1.99. The Bertz CT molecular complexity index is 581. The zero-order chi connectivity index (χ0) is 15.1. The number of carbonyl (C=O) groups excluding carboxylic acids is 2. The maximum atomic E-state index is 12.0. The topological polar surface area (TPSA) is 55.4 Å². The minimum atomic E-state index is -0.662. The van der Waals surface area contributed by atoms with Gasteiger partial charge in [0.25, 0.3) is 0 Å². The standard InChI is InChI=1S/C16H17NO3S/c1-20-16(19)14(10-12-6-3-2-4-7-12)17-15(18)11-13-8-5-9-21-13/h2-9,14H,10-11H2,1H3,(H,17,18)/t14-/m1/s1. The summed E-state index contributed by atoms with van der Waals surface area (Å²) in [6.45, 7) is 0. The second-order valence-corrected chi connectivity index (χ2v) is 5.62. The van der Waals surface area contributed by atoms with E-state index < -0.39 is 12.0 Å². The van der Waals surface area contributed by atoms with E-state index in [1.54, 1.807) is 0 Å². The number of hydrogen-bond donors (Lipinski definition) is 1. The fraction of sp³-hybridized carbons (Fsp3) is 0.250. The van der Waals surface area contributed by atoms with Gasteiger partial charge in [0.15, 0.2) is 0 Å². The lowest BCUT2D eigenvalue weighted by Crippen LogP contribution is -2.43. The predicted octanol–water partition coefficient (Wildman–Crippen LogP) is 2.19. The maximum Gasteiger partial charge on any atom is 0.328 e.